The van der Waals surface area contributed by atoms with Crippen molar-refractivity contribution in [2.75, 3.05) is 40.1 Å². The van der Waals surface area contributed by atoms with Crippen LogP contribution < -0.4 is 15.4 Å². The van der Waals surface area contributed by atoms with Crippen LogP contribution in [0.2, 0.25) is 0 Å². The molecule has 2 N–H and O–H groups in total. The highest BCUT2D eigenvalue weighted by Crippen LogP contribution is 2.26. The van der Waals surface area contributed by atoms with Crippen LogP contribution in [0, 0.1) is 0 Å². The monoisotopic (exact) mass is 279 g/mol. The molecule has 0 heterocycles. The first-order valence-corrected chi connectivity index (χ1v) is 6.83. The molecule has 1 aromatic carbocycles. The van der Waals surface area contributed by atoms with Crippen LogP contribution in [0.3, 0.4) is 0 Å². The summed E-state index contributed by atoms with van der Waals surface area (Å²) in [4.78, 5) is 14.0. The van der Waals surface area contributed by atoms with Gasteiger partial charge in [0.05, 0.1) is 12.8 Å². The second-order valence-corrected chi connectivity index (χ2v) is 5.03. The Labute approximate surface area is 121 Å². The van der Waals surface area contributed by atoms with Gasteiger partial charge < -0.3 is 20.3 Å². The Bertz CT molecular complexity index is 433. The van der Waals surface area contributed by atoms with Crippen molar-refractivity contribution in [3.63, 3.8) is 0 Å². The van der Waals surface area contributed by atoms with Gasteiger partial charge in [0.25, 0.3) is 0 Å². The quantitative estimate of drug-likeness (QED) is 0.711. The van der Waals surface area contributed by atoms with E-state index in [1.165, 1.54) is 0 Å². The van der Waals surface area contributed by atoms with Gasteiger partial charge in [0.15, 0.2) is 0 Å². The van der Waals surface area contributed by atoms with Crippen LogP contribution in [0.25, 0.3) is 0 Å². The molecule has 5 heteroatoms. The van der Waals surface area contributed by atoms with Gasteiger partial charge in [0.2, 0.25) is 5.91 Å². The first kappa shape index (κ1) is 16.5. The summed E-state index contributed by atoms with van der Waals surface area (Å²) in [7, 11) is 7.52. The van der Waals surface area contributed by atoms with Gasteiger partial charge in [-0.3, -0.25) is 4.79 Å². The molecule has 0 aromatic heterocycles. The van der Waals surface area contributed by atoms with E-state index in [0.717, 1.165) is 30.8 Å². The Morgan fingerprint density at radius 1 is 1.35 bits per heavy atom. The lowest BCUT2D eigenvalue weighted by Crippen LogP contribution is -2.16. The molecular weight excluding hydrogens is 254 g/mol. The Balaban J connectivity index is 2.72. The van der Waals surface area contributed by atoms with Crippen molar-refractivity contribution in [3.05, 3.63) is 23.8 Å². The van der Waals surface area contributed by atoms with E-state index in [1.807, 2.05) is 39.3 Å². The van der Waals surface area contributed by atoms with Crippen LogP contribution in [0.5, 0.6) is 5.75 Å². The van der Waals surface area contributed by atoms with Crippen molar-refractivity contribution in [1.29, 1.82) is 0 Å². The minimum absolute atomic E-state index is 0.0144. The molecule has 1 rings (SSSR count). The lowest BCUT2D eigenvalue weighted by Gasteiger charge is -2.14. The number of amides is 1. The second kappa shape index (κ2) is 8.55. The lowest BCUT2D eigenvalue weighted by molar-refractivity contribution is -0.116. The second-order valence-electron chi connectivity index (χ2n) is 5.03. The molecule has 0 radical (unpaired) electrons. The highest BCUT2D eigenvalue weighted by atomic mass is 16.5. The Hall–Kier alpha value is -1.59. The zero-order chi connectivity index (χ0) is 15.0. The zero-order valence-electron chi connectivity index (χ0n) is 12.8. The van der Waals surface area contributed by atoms with Crippen LogP contribution >= 0.6 is 0 Å². The molecule has 0 unspecified atom stereocenters. The van der Waals surface area contributed by atoms with Crippen molar-refractivity contribution in [1.82, 2.24) is 10.2 Å². The minimum Gasteiger partial charge on any atom is -0.495 e. The molecule has 1 amide bonds. The molecule has 0 saturated carbocycles. The summed E-state index contributed by atoms with van der Waals surface area (Å²) < 4.78 is 5.29. The summed E-state index contributed by atoms with van der Waals surface area (Å²) >= 11 is 0. The number of nitrogens with one attached hydrogen (secondary N) is 2. The van der Waals surface area contributed by atoms with E-state index in [9.17, 15) is 4.79 Å². The average molecular weight is 279 g/mol. The molecule has 0 aliphatic carbocycles. The number of methoxy groups -OCH3 is 1. The third-order valence-electron chi connectivity index (χ3n) is 2.87. The molecule has 0 saturated heterocycles. The fraction of sp³-hybridized carbons (Fsp3) is 0.533. The van der Waals surface area contributed by atoms with Gasteiger partial charge >= 0.3 is 0 Å². The maximum atomic E-state index is 11.9. The number of hydrogen-bond acceptors (Lipinski definition) is 4. The third kappa shape index (κ3) is 5.59. The topological polar surface area (TPSA) is 53.6 Å². The van der Waals surface area contributed by atoms with E-state index in [2.05, 4.69) is 15.5 Å². The number of carbonyl (C=O) groups excluding carboxylic acids is 1. The van der Waals surface area contributed by atoms with Gasteiger partial charge in [-0.2, -0.15) is 0 Å². The Kier molecular flexibility index (Phi) is 7.04. The molecule has 0 aliphatic rings. The summed E-state index contributed by atoms with van der Waals surface area (Å²) in [6, 6.07) is 5.87. The predicted octanol–water partition coefficient (Wildman–Crippen LogP) is 1.69. The number of rotatable bonds is 8. The summed E-state index contributed by atoms with van der Waals surface area (Å²) in [5.41, 5.74) is 1.88. The molecule has 0 atom stereocenters. The number of benzene rings is 1. The highest BCUT2D eigenvalue weighted by Gasteiger charge is 2.09. The van der Waals surface area contributed by atoms with Gasteiger partial charge in [-0.15, -0.1) is 0 Å². The van der Waals surface area contributed by atoms with Gasteiger partial charge in [-0.05, 0) is 51.8 Å². The fourth-order valence-electron chi connectivity index (χ4n) is 1.95. The van der Waals surface area contributed by atoms with Crippen molar-refractivity contribution in [3.8, 4) is 5.75 Å². The summed E-state index contributed by atoms with van der Waals surface area (Å²) in [5.74, 6) is 0.704. The maximum absolute atomic E-state index is 11.9. The van der Waals surface area contributed by atoms with E-state index in [0.29, 0.717) is 12.2 Å². The largest absolute Gasteiger partial charge is 0.495 e. The SMILES string of the molecule is CNCCCC(=O)Nc1cc(CN(C)C)ccc1OC. The molecule has 5 nitrogen and oxygen atoms in total. The highest BCUT2D eigenvalue weighted by molar-refractivity contribution is 5.92. The van der Waals surface area contributed by atoms with Gasteiger partial charge in [0, 0.05) is 13.0 Å². The van der Waals surface area contributed by atoms with E-state index in [1.54, 1.807) is 7.11 Å². The van der Waals surface area contributed by atoms with Crippen LogP contribution in [-0.4, -0.2) is 45.6 Å². The number of nitrogens with zero attached hydrogens (tertiary/aromatic N) is 1. The molecule has 0 spiro atoms. The van der Waals surface area contributed by atoms with Crippen molar-refractivity contribution in [2.45, 2.75) is 19.4 Å². The number of hydrogen-bond donors (Lipinski definition) is 2. The molecular formula is C15H25N3O2. The first-order chi connectivity index (χ1) is 9.56. The first-order valence-electron chi connectivity index (χ1n) is 6.83. The molecule has 0 bridgehead atoms. The van der Waals surface area contributed by atoms with Gasteiger partial charge in [0.1, 0.15) is 5.75 Å². The molecule has 1 aromatic rings. The summed E-state index contributed by atoms with van der Waals surface area (Å²) in [6.07, 6.45) is 1.32. The summed E-state index contributed by atoms with van der Waals surface area (Å²) in [6.45, 7) is 1.66. The predicted molar refractivity (Wildman–Crippen MR) is 82.2 cm³/mol. The van der Waals surface area contributed by atoms with E-state index in [4.69, 9.17) is 4.74 Å². The lowest BCUT2D eigenvalue weighted by atomic mass is 10.1. The van der Waals surface area contributed by atoms with E-state index >= 15 is 0 Å². The van der Waals surface area contributed by atoms with E-state index < -0.39 is 0 Å². The summed E-state index contributed by atoms with van der Waals surface area (Å²) in [5, 5.41) is 5.95. The van der Waals surface area contributed by atoms with Crippen LogP contribution in [0.15, 0.2) is 18.2 Å². The van der Waals surface area contributed by atoms with Crippen molar-refractivity contribution in [2.24, 2.45) is 0 Å². The normalized spacial score (nSPS) is 10.7. The van der Waals surface area contributed by atoms with Crippen molar-refractivity contribution < 1.29 is 9.53 Å². The Morgan fingerprint density at radius 2 is 2.10 bits per heavy atom. The third-order valence-corrected chi connectivity index (χ3v) is 2.87. The smallest absolute Gasteiger partial charge is 0.224 e. The van der Waals surface area contributed by atoms with Crippen LogP contribution in [-0.2, 0) is 11.3 Å². The fourth-order valence-corrected chi connectivity index (χ4v) is 1.95. The molecule has 20 heavy (non-hydrogen) atoms. The molecule has 0 aliphatic heterocycles. The number of carbonyl (C=O) groups is 1. The number of ether oxygens (including phenoxy) is 1. The molecule has 0 fully saturated rings. The van der Waals surface area contributed by atoms with Crippen LogP contribution in [0.1, 0.15) is 18.4 Å². The Morgan fingerprint density at radius 3 is 2.70 bits per heavy atom. The zero-order valence-corrected chi connectivity index (χ0v) is 12.8. The standard InChI is InChI=1S/C15H25N3O2/c1-16-9-5-6-15(19)17-13-10-12(11-18(2)3)7-8-14(13)20-4/h7-8,10,16H,5-6,9,11H2,1-4H3,(H,17,19). The maximum Gasteiger partial charge on any atom is 0.224 e. The minimum atomic E-state index is 0.0144. The van der Waals surface area contributed by atoms with Crippen molar-refractivity contribution >= 4 is 11.6 Å². The van der Waals surface area contributed by atoms with Gasteiger partial charge in [-0.25, -0.2) is 0 Å². The van der Waals surface area contributed by atoms with E-state index in [-0.39, 0.29) is 5.91 Å². The average Bonchev–Trinajstić information content (AvgIpc) is 2.38. The molecule has 112 valence electrons. The number of anilines is 1. The van der Waals surface area contributed by atoms with Gasteiger partial charge in [-0.1, -0.05) is 6.07 Å². The van der Waals surface area contributed by atoms with Crippen LogP contribution in [0.4, 0.5) is 5.69 Å².